The predicted molar refractivity (Wildman–Crippen MR) is 220 cm³/mol. The number of rotatable bonds is 17. The van der Waals surface area contributed by atoms with Gasteiger partial charge in [0.1, 0.15) is 31.5 Å². The van der Waals surface area contributed by atoms with Crippen LogP contribution in [0.5, 0.6) is 0 Å². The Morgan fingerprint density at radius 3 is 1.38 bits per heavy atom. The number of hydrogen-bond donors (Lipinski definition) is 0. The standard InChI is InChI=1S/C47H48O17/c1-28(48)55-26-35-37(58-29(2)49)39(59-30(3)50)41(56-25-31-17-9-5-10-18-31)47(61-35)64-42-40(63-45(53)34-23-15-8-16-24-34)38(62-44(52)33-21-13-7-14-22-33)36(60-46(42)54-4)27-57-43(51)32-19-11-6-12-20-32/h5-24,35-42,46-47H,25-27H2,1-4H3/t35-,36-,37-,38-,39+,40+,41-,42-,46+,47-/m1/s1. The summed E-state index contributed by atoms with van der Waals surface area (Å²) in [6.07, 6.45) is -14.9. The Kier molecular flexibility index (Phi) is 16.7. The third-order valence-corrected chi connectivity index (χ3v) is 9.94. The highest BCUT2D eigenvalue weighted by Gasteiger charge is 2.57. The zero-order valence-corrected chi connectivity index (χ0v) is 35.4. The van der Waals surface area contributed by atoms with Crippen molar-refractivity contribution in [2.75, 3.05) is 20.3 Å². The molecule has 0 spiro atoms. The van der Waals surface area contributed by atoms with Crippen molar-refractivity contribution in [3.8, 4) is 0 Å². The smallest absolute Gasteiger partial charge is 0.338 e. The van der Waals surface area contributed by atoms with Crippen molar-refractivity contribution < 1.29 is 80.9 Å². The van der Waals surface area contributed by atoms with Crippen LogP contribution >= 0.6 is 0 Å². The van der Waals surface area contributed by atoms with E-state index in [0.29, 0.717) is 5.56 Å². The molecule has 2 heterocycles. The first-order valence-corrected chi connectivity index (χ1v) is 20.3. The number of esters is 6. The van der Waals surface area contributed by atoms with Crippen molar-refractivity contribution in [2.24, 2.45) is 0 Å². The van der Waals surface area contributed by atoms with Crippen LogP contribution in [0.4, 0.5) is 0 Å². The molecule has 2 aliphatic heterocycles. The van der Waals surface area contributed by atoms with Crippen molar-refractivity contribution in [2.45, 2.75) is 88.8 Å². The Hall–Kier alpha value is -6.50. The van der Waals surface area contributed by atoms with Crippen LogP contribution in [-0.4, -0.2) is 118 Å². The molecule has 6 rings (SSSR count). The summed E-state index contributed by atoms with van der Waals surface area (Å²) in [5, 5.41) is 0. The van der Waals surface area contributed by atoms with E-state index < -0.39 is 110 Å². The van der Waals surface area contributed by atoms with Crippen molar-refractivity contribution in [3.05, 3.63) is 144 Å². The quantitative estimate of drug-likeness (QED) is 0.103. The van der Waals surface area contributed by atoms with Gasteiger partial charge in [0.2, 0.25) is 0 Å². The van der Waals surface area contributed by atoms with Crippen molar-refractivity contribution in [1.82, 2.24) is 0 Å². The van der Waals surface area contributed by atoms with Gasteiger partial charge >= 0.3 is 35.8 Å². The normalized spacial score (nSPS) is 25.2. The second-order valence-electron chi connectivity index (χ2n) is 14.6. The first kappa shape index (κ1) is 47.0. The third-order valence-electron chi connectivity index (χ3n) is 9.94. The van der Waals surface area contributed by atoms with Gasteiger partial charge < -0.3 is 52.1 Å². The molecule has 0 N–H and O–H groups in total. The zero-order chi connectivity index (χ0) is 45.6. The molecule has 17 heteroatoms. The minimum absolute atomic E-state index is 0.110. The molecule has 64 heavy (non-hydrogen) atoms. The second kappa shape index (κ2) is 22.7. The van der Waals surface area contributed by atoms with E-state index in [1.54, 1.807) is 97.1 Å². The Balaban J connectivity index is 1.44. The average molecular weight is 885 g/mol. The van der Waals surface area contributed by atoms with Crippen molar-refractivity contribution >= 4 is 35.8 Å². The van der Waals surface area contributed by atoms with Crippen LogP contribution in [0, 0.1) is 0 Å². The summed E-state index contributed by atoms with van der Waals surface area (Å²) in [7, 11) is 1.27. The topological polar surface area (TPSA) is 204 Å². The van der Waals surface area contributed by atoms with Gasteiger partial charge in [0.05, 0.1) is 23.3 Å². The molecule has 0 bridgehead atoms. The fourth-order valence-corrected chi connectivity index (χ4v) is 7.05. The average Bonchev–Trinajstić information content (AvgIpc) is 3.30. The molecule has 0 unspecified atom stereocenters. The number of benzene rings is 4. The Morgan fingerprint density at radius 1 is 0.453 bits per heavy atom. The Labute approximate surface area is 368 Å². The summed E-state index contributed by atoms with van der Waals surface area (Å²) >= 11 is 0. The highest BCUT2D eigenvalue weighted by molar-refractivity contribution is 5.91. The van der Waals surface area contributed by atoms with Gasteiger partial charge in [-0.3, -0.25) is 14.4 Å². The first-order chi connectivity index (χ1) is 30.9. The fraction of sp³-hybridized carbons (Fsp3) is 0.362. The minimum atomic E-state index is -1.65. The van der Waals surface area contributed by atoms with Crippen molar-refractivity contribution in [1.29, 1.82) is 0 Å². The molecule has 4 aromatic rings. The Bertz CT molecular complexity index is 2170. The van der Waals surface area contributed by atoms with E-state index in [-0.39, 0.29) is 23.3 Å². The molecular weight excluding hydrogens is 836 g/mol. The Morgan fingerprint density at radius 2 is 0.875 bits per heavy atom. The lowest BCUT2D eigenvalue weighted by Gasteiger charge is -2.48. The molecule has 0 radical (unpaired) electrons. The molecule has 0 aliphatic carbocycles. The van der Waals surface area contributed by atoms with Gasteiger partial charge in [-0.05, 0) is 42.0 Å². The van der Waals surface area contributed by atoms with Crippen LogP contribution < -0.4 is 0 Å². The summed E-state index contributed by atoms with van der Waals surface area (Å²) in [5.41, 5.74) is 1.14. The van der Waals surface area contributed by atoms with E-state index in [1.165, 1.54) is 31.4 Å². The van der Waals surface area contributed by atoms with E-state index >= 15 is 0 Å². The van der Waals surface area contributed by atoms with Gasteiger partial charge in [0.15, 0.2) is 43.1 Å². The molecule has 0 saturated carbocycles. The van der Waals surface area contributed by atoms with Gasteiger partial charge in [-0.1, -0.05) is 84.9 Å². The van der Waals surface area contributed by atoms with Crippen LogP contribution in [0.25, 0.3) is 0 Å². The SMILES string of the molecule is CO[C@H]1O[C@H](COC(=O)c2ccccc2)[C@@H](OC(=O)c2ccccc2)[C@H](OC(=O)c2ccccc2)[C@H]1O[C@H]1O[C@H](COC(C)=O)[C@@H](OC(C)=O)[C@H](OC(C)=O)[C@H]1OCc1ccccc1. The lowest BCUT2D eigenvalue weighted by atomic mass is 9.96. The van der Waals surface area contributed by atoms with Crippen LogP contribution in [0.1, 0.15) is 57.4 Å². The maximum atomic E-state index is 14.1. The number of ether oxygens (including phenoxy) is 11. The van der Waals surface area contributed by atoms with E-state index in [4.69, 9.17) is 52.1 Å². The molecule has 0 aromatic heterocycles. The van der Waals surface area contributed by atoms with Crippen LogP contribution in [0.3, 0.4) is 0 Å². The van der Waals surface area contributed by atoms with E-state index in [1.807, 2.05) is 0 Å². The molecule has 2 fully saturated rings. The number of carbonyl (C=O) groups is 6. The summed E-state index contributed by atoms with van der Waals surface area (Å²) in [5.74, 6) is -4.75. The van der Waals surface area contributed by atoms with Crippen LogP contribution in [0.15, 0.2) is 121 Å². The number of methoxy groups -OCH3 is 1. The molecule has 2 saturated heterocycles. The summed E-state index contributed by atoms with van der Waals surface area (Å²) < 4.78 is 66.4. The molecule has 4 aromatic carbocycles. The molecule has 17 nitrogen and oxygen atoms in total. The van der Waals surface area contributed by atoms with Gasteiger partial charge in [-0.2, -0.15) is 0 Å². The largest absolute Gasteiger partial charge is 0.463 e. The van der Waals surface area contributed by atoms with E-state index in [2.05, 4.69) is 0 Å². The highest BCUT2D eigenvalue weighted by Crippen LogP contribution is 2.36. The number of hydrogen-bond acceptors (Lipinski definition) is 17. The summed E-state index contributed by atoms with van der Waals surface area (Å²) in [6.45, 7) is 2.28. The maximum absolute atomic E-state index is 14.1. The maximum Gasteiger partial charge on any atom is 0.338 e. The molecular formula is C47H48O17. The molecule has 0 amide bonds. The number of carbonyl (C=O) groups excluding carboxylic acids is 6. The third kappa shape index (κ3) is 12.6. The highest BCUT2D eigenvalue weighted by atomic mass is 16.8. The van der Waals surface area contributed by atoms with Gasteiger partial charge in [0, 0.05) is 27.9 Å². The molecule has 338 valence electrons. The summed E-state index contributed by atoms with van der Waals surface area (Å²) in [6, 6.07) is 33.0. The van der Waals surface area contributed by atoms with E-state index in [9.17, 15) is 28.8 Å². The fourth-order valence-electron chi connectivity index (χ4n) is 7.05. The summed E-state index contributed by atoms with van der Waals surface area (Å²) in [4.78, 5) is 78.6. The predicted octanol–water partition coefficient (Wildman–Crippen LogP) is 4.79. The van der Waals surface area contributed by atoms with Gasteiger partial charge in [-0.25, -0.2) is 14.4 Å². The monoisotopic (exact) mass is 884 g/mol. The second-order valence-corrected chi connectivity index (χ2v) is 14.6. The molecule has 2 aliphatic rings. The minimum Gasteiger partial charge on any atom is -0.463 e. The molecule has 10 atom stereocenters. The van der Waals surface area contributed by atoms with Crippen LogP contribution in [0.2, 0.25) is 0 Å². The lowest BCUT2D eigenvalue weighted by molar-refractivity contribution is -0.368. The van der Waals surface area contributed by atoms with Gasteiger partial charge in [-0.15, -0.1) is 0 Å². The van der Waals surface area contributed by atoms with E-state index in [0.717, 1.165) is 20.8 Å². The first-order valence-electron chi connectivity index (χ1n) is 20.3. The van der Waals surface area contributed by atoms with Crippen molar-refractivity contribution in [3.63, 3.8) is 0 Å². The zero-order valence-electron chi connectivity index (χ0n) is 35.4. The van der Waals surface area contributed by atoms with Crippen LogP contribution in [-0.2, 0) is 73.1 Å². The lowest BCUT2D eigenvalue weighted by Crippen LogP contribution is -2.67. The van der Waals surface area contributed by atoms with Gasteiger partial charge in [0.25, 0.3) is 0 Å².